The van der Waals surface area contributed by atoms with Gasteiger partial charge in [-0.05, 0) is 42.2 Å². The van der Waals surface area contributed by atoms with Gasteiger partial charge in [0, 0.05) is 37.5 Å². The first-order chi connectivity index (χ1) is 13.8. The number of aromatic nitrogens is 3. The summed E-state index contributed by atoms with van der Waals surface area (Å²) in [6, 6.07) is 11.8. The lowest BCUT2D eigenvalue weighted by Crippen LogP contribution is -2.40. The number of pyridine rings is 1. The maximum atomic E-state index is 13.1. The lowest BCUT2D eigenvalue weighted by molar-refractivity contribution is -0.133. The van der Waals surface area contributed by atoms with Crippen molar-refractivity contribution in [3.8, 4) is 5.75 Å². The van der Waals surface area contributed by atoms with Crippen molar-refractivity contribution in [1.29, 1.82) is 0 Å². The Balaban J connectivity index is 1.45. The fourth-order valence-corrected chi connectivity index (χ4v) is 3.80. The predicted octanol–water partition coefficient (Wildman–Crippen LogP) is 3.31. The number of fused-ring (bicyclic) bond motifs is 1. The van der Waals surface area contributed by atoms with Crippen LogP contribution in [0.3, 0.4) is 0 Å². The molecule has 1 N–H and O–H groups in total. The van der Waals surface area contributed by atoms with Crippen LogP contribution in [-0.4, -0.2) is 39.4 Å². The van der Waals surface area contributed by atoms with Crippen LogP contribution in [0.2, 0.25) is 0 Å². The van der Waals surface area contributed by atoms with E-state index in [1.54, 1.807) is 19.6 Å². The lowest BCUT2D eigenvalue weighted by atomic mass is 9.96. The number of rotatable bonds is 6. The third kappa shape index (κ3) is 3.76. The number of carbonyl (C=O) groups excluding carboxylic acids is 1. The Hall–Kier alpha value is -3.15. The molecule has 1 aliphatic rings. The monoisotopic (exact) mass is 376 g/mol. The molecule has 0 bridgehead atoms. The van der Waals surface area contributed by atoms with Gasteiger partial charge in [-0.1, -0.05) is 18.2 Å². The summed E-state index contributed by atoms with van der Waals surface area (Å²) in [4.78, 5) is 27.0. The van der Waals surface area contributed by atoms with Crippen LogP contribution in [0.1, 0.15) is 41.4 Å². The highest BCUT2D eigenvalue weighted by Crippen LogP contribution is 2.33. The smallest absolute Gasteiger partial charge is 0.223 e. The van der Waals surface area contributed by atoms with Gasteiger partial charge in [-0.15, -0.1) is 0 Å². The first-order valence-corrected chi connectivity index (χ1v) is 9.60. The van der Waals surface area contributed by atoms with Gasteiger partial charge in [-0.25, -0.2) is 4.98 Å². The van der Waals surface area contributed by atoms with Crippen molar-refractivity contribution in [2.75, 3.05) is 13.7 Å². The first-order valence-electron chi connectivity index (χ1n) is 9.60. The third-order valence-corrected chi connectivity index (χ3v) is 5.26. The zero-order chi connectivity index (χ0) is 19.3. The number of aromatic amines is 1. The molecule has 3 aromatic rings. The van der Waals surface area contributed by atoms with Crippen molar-refractivity contribution in [2.45, 2.75) is 31.7 Å². The minimum Gasteiger partial charge on any atom is -0.497 e. The summed E-state index contributed by atoms with van der Waals surface area (Å²) < 4.78 is 5.19. The highest BCUT2D eigenvalue weighted by Gasteiger charge is 2.33. The van der Waals surface area contributed by atoms with E-state index < -0.39 is 0 Å². The Labute approximate surface area is 164 Å². The van der Waals surface area contributed by atoms with E-state index in [1.807, 2.05) is 35.4 Å². The quantitative estimate of drug-likeness (QED) is 0.716. The van der Waals surface area contributed by atoms with Gasteiger partial charge in [0.25, 0.3) is 0 Å². The van der Waals surface area contributed by atoms with Crippen LogP contribution in [-0.2, 0) is 17.6 Å². The molecule has 3 heterocycles. The topological polar surface area (TPSA) is 71.1 Å². The van der Waals surface area contributed by atoms with E-state index >= 15 is 0 Å². The van der Waals surface area contributed by atoms with Gasteiger partial charge < -0.3 is 14.6 Å². The molecule has 1 atom stereocenters. The molecule has 6 nitrogen and oxygen atoms in total. The average molecular weight is 376 g/mol. The minimum atomic E-state index is -0.169. The maximum Gasteiger partial charge on any atom is 0.223 e. The van der Waals surface area contributed by atoms with E-state index in [-0.39, 0.29) is 11.9 Å². The number of hydrogen-bond acceptors (Lipinski definition) is 4. The summed E-state index contributed by atoms with van der Waals surface area (Å²) in [5.74, 6) is 1.01. The Kier molecular flexibility index (Phi) is 5.37. The molecule has 1 unspecified atom stereocenters. The molecule has 0 radical (unpaired) electrons. The number of methoxy groups -OCH3 is 1. The van der Waals surface area contributed by atoms with Gasteiger partial charge in [0.15, 0.2) is 0 Å². The summed E-state index contributed by atoms with van der Waals surface area (Å²) >= 11 is 0. The number of ether oxygens (including phenoxy) is 1. The van der Waals surface area contributed by atoms with Crippen molar-refractivity contribution in [1.82, 2.24) is 19.9 Å². The number of H-pyrrole nitrogens is 1. The molecule has 1 amide bonds. The zero-order valence-electron chi connectivity index (χ0n) is 16.0. The van der Waals surface area contributed by atoms with E-state index in [0.29, 0.717) is 13.0 Å². The van der Waals surface area contributed by atoms with Crippen LogP contribution in [0.25, 0.3) is 0 Å². The molecule has 2 aromatic heterocycles. The van der Waals surface area contributed by atoms with Gasteiger partial charge >= 0.3 is 0 Å². The first kappa shape index (κ1) is 18.2. The second kappa shape index (κ2) is 8.25. The van der Waals surface area contributed by atoms with E-state index in [9.17, 15) is 4.79 Å². The number of aryl methyl sites for hydroxylation is 1. The standard InChI is InChI=1S/C22H24N4O2/c1-28-18-9-7-16(8-10-18)4-2-6-20(27)26-13-11-19-21(25-15-24-19)22(26)17-5-3-12-23-14-17/h3,5,7-10,12,14-15,22H,2,4,6,11,13H2,1H3,(H,24,25). The molecule has 6 heteroatoms. The van der Waals surface area contributed by atoms with Gasteiger partial charge in [0.05, 0.1) is 19.1 Å². The summed E-state index contributed by atoms with van der Waals surface area (Å²) in [5, 5.41) is 0. The molecule has 0 aliphatic carbocycles. The number of amides is 1. The molecular formula is C22H24N4O2. The van der Waals surface area contributed by atoms with Gasteiger partial charge in [-0.2, -0.15) is 0 Å². The Morgan fingerprint density at radius 1 is 1.29 bits per heavy atom. The largest absolute Gasteiger partial charge is 0.497 e. The van der Waals surface area contributed by atoms with Gasteiger partial charge in [0.2, 0.25) is 5.91 Å². The predicted molar refractivity (Wildman–Crippen MR) is 106 cm³/mol. The summed E-state index contributed by atoms with van der Waals surface area (Å²) in [5.41, 5.74) is 4.25. The zero-order valence-corrected chi connectivity index (χ0v) is 16.0. The number of benzene rings is 1. The summed E-state index contributed by atoms with van der Waals surface area (Å²) in [7, 11) is 1.66. The number of imidazole rings is 1. The van der Waals surface area contributed by atoms with E-state index in [0.717, 1.165) is 42.0 Å². The SMILES string of the molecule is COc1ccc(CCCC(=O)N2CCc3[nH]cnc3C2c2cccnc2)cc1. The van der Waals surface area contributed by atoms with Crippen LogP contribution in [0.15, 0.2) is 55.1 Å². The molecule has 1 aromatic carbocycles. The fourth-order valence-electron chi connectivity index (χ4n) is 3.80. The Morgan fingerprint density at radius 3 is 2.89 bits per heavy atom. The molecule has 144 valence electrons. The molecule has 0 saturated carbocycles. The summed E-state index contributed by atoms with van der Waals surface area (Å²) in [6.07, 6.45) is 8.29. The van der Waals surface area contributed by atoms with E-state index in [1.165, 1.54) is 5.56 Å². The van der Waals surface area contributed by atoms with Crippen molar-refractivity contribution >= 4 is 5.91 Å². The molecule has 1 aliphatic heterocycles. The Bertz CT molecular complexity index is 921. The molecular weight excluding hydrogens is 352 g/mol. The minimum absolute atomic E-state index is 0.163. The van der Waals surface area contributed by atoms with E-state index in [2.05, 4.69) is 27.1 Å². The van der Waals surface area contributed by atoms with Crippen LogP contribution in [0.5, 0.6) is 5.75 Å². The number of hydrogen-bond donors (Lipinski definition) is 1. The van der Waals surface area contributed by atoms with E-state index in [4.69, 9.17) is 4.74 Å². The molecule has 28 heavy (non-hydrogen) atoms. The van der Waals surface area contributed by atoms with Gasteiger partial charge in [0.1, 0.15) is 11.8 Å². The molecule has 0 spiro atoms. The average Bonchev–Trinajstić information content (AvgIpc) is 3.23. The van der Waals surface area contributed by atoms with Crippen LogP contribution < -0.4 is 4.74 Å². The third-order valence-electron chi connectivity index (χ3n) is 5.26. The van der Waals surface area contributed by atoms with Crippen LogP contribution >= 0.6 is 0 Å². The molecule has 4 rings (SSSR count). The van der Waals surface area contributed by atoms with Crippen LogP contribution in [0, 0.1) is 0 Å². The second-order valence-corrected chi connectivity index (χ2v) is 6.99. The lowest BCUT2D eigenvalue weighted by Gasteiger charge is -2.35. The van der Waals surface area contributed by atoms with Crippen LogP contribution in [0.4, 0.5) is 0 Å². The Morgan fingerprint density at radius 2 is 2.14 bits per heavy atom. The van der Waals surface area contributed by atoms with Crippen molar-refractivity contribution in [3.63, 3.8) is 0 Å². The fraction of sp³-hybridized carbons (Fsp3) is 0.318. The highest BCUT2D eigenvalue weighted by atomic mass is 16.5. The van der Waals surface area contributed by atoms with Crippen molar-refractivity contribution in [2.24, 2.45) is 0 Å². The van der Waals surface area contributed by atoms with Crippen molar-refractivity contribution in [3.05, 3.63) is 77.6 Å². The number of nitrogens with zero attached hydrogens (tertiary/aromatic N) is 3. The highest BCUT2D eigenvalue weighted by molar-refractivity contribution is 5.77. The second-order valence-electron chi connectivity index (χ2n) is 6.99. The molecule has 0 fully saturated rings. The van der Waals surface area contributed by atoms with Crippen molar-refractivity contribution < 1.29 is 9.53 Å². The number of carbonyl (C=O) groups is 1. The normalized spacial score (nSPS) is 15.9. The van der Waals surface area contributed by atoms with Gasteiger partial charge in [-0.3, -0.25) is 9.78 Å². The maximum absolute atomic E-state index is 13.1. The summed E-state index contributed by atoms with van der Waals surface area (Å²) in [6.45, 7) is 0.691. The number of nitrogens with one attached hydrogen (secondary N) is 1. The molecule has 0 saturated heterocycles.